The Labute approximate surface area is 171 Å². The molecule has 0 radical (unpaired) electrons. The standard InChI is InChI=1S/C24H22ClN3/c25-23-9-7-22(8-10-23)24(11-6-21(17-26)18-27)28-14-12-20(13-15-28)16-19-4-2-1-3-5-19/h1-11,20H,12-16H2. The molecule has 3 rings (SSSR count). The lowest BCUT2D eigenvalue weighted by Crippen LogP contribution is -2.33. The van der Waals surface area contributed by atoms with Crippen molar-refractivity contribution >= 4 is 17.3 Å². The van der Waals surface area contributed by atoms with Crippen molar-refractivity contribution in [2.45, 2.75) is 19.3 Å². The number of hydrogen-bond acceptors (Lipinski definition) is 3. The van der Waals surface area contributed by atoms with E-state index >= 15 is 0 Å². The maximum absolute atomic E-state index is 9.03. The van der Waals surface area contributed by atoms with Gasteiger partial charge in [-0.05, 0) is 60.6 Å². The Hall–Kier alpha value is -3.01. The Morgan fingerprint density at radius 3 is 2.21 bits per heavy atom. The average Bonchev–Trinajstić information content (AvgIpc) is 2.74. The molecule has 0 atom stereocenters. The molecule has 0 N–H and O–H groups in total. The van der Waals surface area contributed by atoms with Gasteiger partial charge in [0.05, 0.1) is 0 Å². The van der Waals surface area contributed by atoms with Crippen LogP contribution in [0.1, 0.15) is 24.0 Å². The molecule has 1 saturated heterocycles. The van der Waals surface area contributed by atoms with Crippen LogP contribution in [0.2, 0.25) is 5.02 Å². The van der Waals surface area contributed by atoms with Crippen molar-refractivity contribution in [3.05, 3.63) is 88.5 Å². The highest BCUT2D eigenvalue weighted by molar-refractivity contribution is 6.30. The van der Waals surface area contributed by atoms with Gasteiger partial charge in [0.25, 0.3) is 0 Å². The van der Waals surface area contributed by atoms with E-state index in [0.29, 0.717) is 10.9 Å². The van der Waals surface area contributed by atoms with E-state index < -0.39 is 0 Å². The van der Waals surface area contributed by atoms with Crippen LogP contribution >= 0.6 is 11.6 Å². The smallest absolute Gasteiger partial charge is 0.129 e. The molecule has 1 fully saturated rings. The molecule has 3 nitrogen and oxygen atoms in total. The summed E-state index contributed by atoms with van der Waals surface area (Å²) in [7, 11) is 0. The van der Waals surface area contributed by atoms with E-state index in [2.05, 4.69) is 35.2 Å². The fourth-order valence-corrected chi connectivity index (χ4v) is 3.72. The van der Waals surface area contributed by atoms with Gasteiger partial charge in [0, 0.05) is 23.8 Å². The van der Waals surface area contributed by atoms with Crippen molar-refractivity contribution in [2.75, 3.05) is 13.1 Å². The molecular weight excluding hydrogens is 366 g/mol. The molecular formula is C24H22ClN3. The van der Waals surface area contributed by atoms with Crippen LogP contribution in [0.25, 0.3) is 5.70 Å². The first-order chi connectivity index (χ1) is 13.7. The first-order valence-electron chi connectivity index (χ1n) is 9.46. The van der Waals surface area contributed by atoms with Gasteiger partial charge in [0.2, 0.25) is 0 Å². The molecule has 0 bridgehead atoms. The molecule has 0 amide bonds. The summed E-state index contributed by atoms with van der Waals surface area (Å²) >= 11 is 6.04. The maximum atomic E-state index is 9.03. The summed E-state index contributed by atoms with van der Waals surface area (Å²) in [5, 5.41) is 18.7. The van der Waals surface area contributed by atoms with Crippen LogP contribution in [0.15, 0.2) is 72.3 Å². The third-order valence-corrected chi connectivity index (χ3v) is 5.36. The fourth-order valence-electron chi connectivity index (χ4n) is 3.59. The maximum Gasteiger partial charge on any atom is 0.129 e. The Balaban J connectivity index is 1.75. The fraction of sp³-hybridized carbons (Fsp3) is 0.250. The number of nitrogens with zero attached hydrogens (tertiary/aromatic N) is 3. The number of piperidine rings is 1. The molecule has 0 spiro atoms. The topological polar surface area (TPSA) is 50.8 Å². The van der Waals surface area contributed by atoms with Gasteiger partial charge >= 0.3 is 0 Å². The van der Waals surface area contributed by atoms with Crippen molar-refractivity contribution in [1.82, 2.24) is 4.90 Å². The molecule has 1 heterocycles. The SMILES string of the molecule is N#CC(C#N)=CC=C(c1ccc(Cl)cc1)N1CCC(Cc2ccccc2)CC1. The van der Waals surface area contributed by atoms with Gasteiger partial charge in [0.15, 0.2) is 0 Å². The number of nitriles is 2. The number of allylic oxidation sites excluding steroid dienone is 3. The molecule has 28 heavy (non-hydrogen) atoms. The molecule has 1 aliphatic rings. The van der Waals surface area contributed by atoms with Gasteiger partial charge in [-0.15, -0.1) is 0 Å². The first kappa shape index (κ1) is 19.7. The second-order valence-corrected chi connectivity index (χ2v) is 7.42. The van der Waals surface area contributed by atoms with Gasteiger partial charge in [-0.1, -0.05) is 54.1 Å². The van der Waals surface area contributed by atoms with E-state index in [4.69, 9.17) is 22.1 Å². The number of halogens is 1. The summed E-state index contributed by atoms with van der Waals surface area (Å²) in [6, 6.07) is 22.2. The van der Waals surface area contributed by atoms with E-state index in [-0.39, 0.29) is 5.57 Å². The first-order valence-corrected chi connectivity index (χ1v) is 9.84. The number of likely N-dealkylation sites (tertiary alicyclic amines) is 1. The highest BCUT2D eigenvalue weighted by Crippen LogP contribution is 2.29. The summed E-state index contributed by atoms with van der Waals surface area (Å²) in [6.45, 7) is 1.91. The van der Waals surface area contributed by atoms with Crippen molar-refractivity contribution in [3.63, 3.8) is 0 Å². The second kappa shape index (κ2) is 9.79. The third kappa shape index (κ3) is 5.26. The number of hydrogen-bond donors (Lipinski definition) is 0. The molecule has 0 unspecified atom stereocenters. The van der Waals surface area contributed by atoms with Gasteiger partial charge in [-0.25, -0.2) is 0 Å². The van der Waals surface area contributed by atoms with Crippen LogP contribution in [-0.4, -0.2) is 18.0 Å². The van der Waals surface area contributed by atoms with Crippen molar-refractivity contribution in [3.8, 4) is 12.1 Å². The van der Waals surface area contributed by atoms with E-state index in [9.17, 15) is 0 Å². The van der Waals surface area contributed by atoms with Crippen LogP contribution in [0, 0.1) is 28.6 Å². The predicted octanol–water partition coefficient (Wildman–Crippen LogP) is 5.61. The predicted molar refractivity (Wildman–Crippen MR) is 113 cm³/mol. The molecule has 0 saturated carbocycles. The summed E-state index contributed by atoms with van der Waals surface area (Å²) in [5.74, 6) is 0.675. The van der Waals surface area contributed by atoms with Crippen molar-refractivity contribution in [1.29, 1.82) is 10.5 Å². The average molecular weight is 388 g/mol. The zero-order valence-corrected chi connectivity index (χ0v) is 16.4. The Morgan fingerprint density at radius 2 is 1.61 bits per heavy atom. The van der Waals surface area contributed by atoms with E-state index in [1.807, 2.05) is 42.5 Å². The minimum absolute atomic E-state index is 0.102. The minimum atomic E-state index is 0.102. The van der Waals surface area contributed by atoms with Crippen LogP contribution in [0.3, 0.4) is 0 Å². The third-order valence-electron chi connectivity index (χ3n) is 5.11. The van der Waals surface area contributed by atoms with Crippen molar-refractivity contribution in [2.24, 2.45) is 5.92 Å². The Kier molecular flexibility index (Phi) is 6.90. The largest absolute Gasteiger partial charge is 0.371 e. The van der Waals surface area contributed by atoms with Crippen LogP contribution in [0.4, 0.5) is 0 Å². The number of rotatable bonds is 5. The highest BCUT2D eigenvalue weighted by atomic mass is 35.5. The van der Waals surface area contributed by atoms with E-state index in [0.717, 1.165) is 43.6 Å². The molecule has 2 aromatic carbocycles. The summed E-state index contributed by atoms with van der Waals surface area (Å²) in [6.07, 6.45) is 6.82. The molecule has 140 valence electrons. The van der Waals surface area contributed by atoms with Crippen LogP contribution < -0.4 is 0 Å². The lowest BCUT2D eigenvalue weighted by molar-refractivity contribution is 0.254. The second-order valence-electron chi connectivity index (χ2n) is 6.98. The van der Waals surface area contributed by atoms with E-state index in [1.165, 1.54) is 5.56 Å². The van der Waals surface area contributed by atoms with Gasteiger partial charge in [-0.3, -0.25) is 0 Å². The lowest BCUT2D eigenvalue weighted by atomic mass is 9.89. The highest BCUT2D eigenvalue weighted by Gasteiger charge is 2.21. The Bertz CT molecular complexity index is 907. The van der Waals surface area contributed by atoms with Crippen molar-refractivity contribution < 1.29 is 0 Å². The Morgan fingerprint density at radius 1 is 0.964 bits per heavy atom. The van der Waals surface area contributed by atoms with Gasteiger partial charge in [-0.2, -0.15) is 10.5 Å². The zero-order valence-electron chi connectivity index (χ0n) is 15.7. The number of benzene rings is 2. The van der Waals surface area contributed by atoms with Crippen LogP contribution in [0.5, 0.6) is 0 Å². The normalized spacial score (nSPS) is 14.8. The van der Waals surface area contributed by atoms with E-state index in [1.54, 1.807) is 6.08 Å². The lowest BCUT2D eigenvalue weighted by Gasteiger charge is -2.35. The molecule has 0 aliphatic carbocycles. The molecule has 0 aromatic heterocycles. The minimum Gasteiger partial charge on any atom is -0.371 e. The zero-order chi connectivity index (χ0) is 19.8. The molecule has 1 aliphatic heterocycles. The van der Waals surface area contributed by atoms with Gasteiger partial charge < -0.3 is 4.90 Å². The van der Waals surface area contributed by atoms with Crippen LogP contribution in [-0.2, 0) is 6.42 Å². The quantitative estimate of drug-likeness (QED) is 0.495. The summed E-state index contributed by atoms with van der Waals surface area (Å²) < 4.78 is 0. The monoisotopic (exact) mass is 387 g/mol. The summed E-state index contributed by atoms with van der Waals surface area (Å²) in [5.41, 5.74) is 3.56. The summed E-state index contributed by atoms with van der Waals surface area (Å²) in [4.78, 5) is 2.34. The molecule has 4 heteroatoms. The molecule has 2 aromatic rings. The van der Waals surface area contributed by atoms with Gasteiger partial charge in [0.1, 0.15) is 17.7 Å².